The maximum atomic E-state index is 10.4. The first-order chi connectivity index (χ1) is 11.2. The highest BCUT2D eigenvalue weighted by Gasteiger charge is 2.07. The van der Waals surface area contributed by atoms with E-state index in [-0.39, 0.29) is 0 Å². The van der Waals surface area contributed by atoms with Crippen LogP contribution in [0.3, 0.4) is 0 Å². The van der Waals surface area contributed by atoms with Crippen LogP contribution in [0.25, 0.3) is 0 Å². The zero-order valence-corrected chi connectivity index (χ0v) is 15.4. The molecule has 0 heterocycles. The van der Waals surface area contributed by atoms with E-state index in [1.54, 1.807) is 0 Å². The lowest BCUT2D eigenvalue weighted by Gasteiger charge is -2.19. The van der Waals surface area contributed by atoms with Crippen molar-refractivity contribution < 1.29 is 9.53 Å². The SMILES string of the molecule is CCCCCCCC(CCCCC)NCCNCCOC(N)=O. The molecule has 1 amide bonds. The summed E-state index contributed by atoms with van der Waals surface area (Å²) in [7, 11) is 0. The van der Waals surface area contributed by atoms with Crippen LogP contribution in [0, 0.1) is 0 Å². The highest BCUT2D eigenvalue weighted by Crippen LogP contribution is 2.12. The molecule has 0 saturated carbocycles. The molecular formula is C18H39N3O2. The fourth-order valence-electron chi connectivity index (χ4n) is 2.70. The molecule has 0 radical (unpaired) electrons. The van der Waals surface area contributed by atoms with Gasteiger partial charge in [0.05, 0.1) is 0 Å². The highest BCUT2D eigenvalue weighted by atomic mass is 16.5. The van der Waals surface area contributed by atoms with Crippen molar-refractivity contribution in [1.82, 2.24) is 10.6 Å². The lowest BCUT2D eigenvalue weighted by molar-refractivity contribution is 0.157. The summed E-state index contributed by atoms with van der Waals surface area (Å²) in [5.41, 5.74) is 4.91. The second-order valence-corrected chi connectivity index (χ2v) is 6.27. The van der Waals surface area contributed by atoms with Gasteiger partial charge in [-0.15, -0.1) is 0 Å². The maximum absolute atomic E-state index is 10.4. The minimum absolute atomic E-state index is 0.340. The molecule has 0 aromatic carbocycles. The number of carbonyl (C=O) groups is 1. The topological polar surface area (TPSA) is 76.4 Å². The predicted octanol–water partition coefficient (Wildman–Crippen LogP) is 3.57. The van der Waals surface area contributed by atoms with Gasteiger partial charge in [0, 0.05) is 25.7 Å². The molecule has 0 aliphatic rings. The molecule has 5 nitrogen and oxygen atoms in total. The van der Waals surface area contributed by atoms with Crippen LogP contribution in [-0.2, 0) is 4.74 Å². The van der Waals surface area contributed by atoms with Crippen LogP contribution < -0.4 is 16.4 Å². The molecule has 0 bridgehead atoms. The number of rotatable bonds is 17. The van der Waals surface area contributed by atoms with E-state index >= 15 is 0 Å². The van der Waals surface area contributed by atoms with E-state index < -0.39 is 6.09 Å². The molecular weight excluding hydrogens is 290 g/mol. The highest BCUT2D eigenvalue weighted by molar-refractivity contribution is 5.64. The molecule has 0 saturated heterocycles. The van der Waals surface area contributed by atoms with Crippen molar-refractivity contribution in [3.8, 4) is 0 Å². The molecule has 5 heteroatoms. The van der Waals surface area contributed by atoms with E-state index in [4.69, 9.17) is 5.73 Å². The van der Waals surface area contributed by atoms with Gasteiger partial charge >= 0.3 is 6.09 Å². The van der Waals surface area contributed by atoms with Crippen LogP contribution in [0.4, 0.5) is 4.79 Å². The second kappa shape index (κ2) is 17.5. The van der Waals surface area contributed by atoms with Gasteiger partial charge in [0.2, 0.25) is 0 Å². The first-order valence-electron chi connectivity index (χ1n) is 9.57. The summed E-state index contributed by atoms with van der Waals surface area (Å²) in [4.78, 5) is 10.4. The van der Waals surface area contributed by atoms with Crippen LogP contribution in [0.1, 0.15) is 78.1 Å². The third-order valence-corrected chi connectivity index (χ3v) is 4.07. The van der Waals surface area contributed by atoms with E-state index in [1.807, 2.05) is 0 Å². The number of carbonyl (C=O) groups excluding carboxylic acids is 1. The third-order valence-electron chi connectivity index (χ3n) is 4.07. The number of primary amides is 1. The zero-order chi connectivity index (χ0) is 17.2. The van der Waals surface area contributed by atoms with Crippen molar-refractivity contribution in [2.75, 3.05) is 26.2 Å². The average molecular weight is 330 g/mol. The molecule has 0 aromatic rings. The third kappa shape index (κ3) is 17.4. The van der Waals surface area contributed by atoms with Crippen LogP contribution in [-0.4, -0.2) is 38.4 Å². The molecule has 0 aliphatic heterocycles. The van der Waals surface area contributed by atoms with Crippen LogP contribution in [0.2, 0.25) is 0 Å². The van der Waals surface area contributed by atoms with Crippen LogP contribution in [0.5, 0.6) is 0 Å². The Labute approximate surface area is 143 Å². The summed E-state index contributed by atoms with van der Waals surface area (Å²) in [6, 6.07) is 0.645. The Morgan fingerprint density at radius 2 is 1.52 bits per heavy atom. The number of hydrogen-bond donors (Lipinski definition) is 3. The quantitative estimate of drug-likeness (QED) is 0.357. The zero-order valence-electron chi connectivity index (χ0n) is 15.4. The van der Waals surface area contributed by atoms with Gasteiger partial charge < -0.3 is 21.1 Å². The summed E-state index contributed by atoms with van der Waals surface area (Å²) < 4.78 is 4.68. The Kier molecular flexibility index (Phi) is 16.9. The monoisotopic (exact) mass is 329 g/mol. The summed E-state index contributed by atoms with van der Waals surface area (Å²) in [6.07, 6.45) is 12.6. The summed E-state index contributed by atoms with van der Waals surface area (Å²) in [5.74, 6) is 0. The van der Waals surface area contributed by atoms with Gasteiger partial charge in [-0.2, -0.15) is 0 Å². The van der Waals surface area contributed by atoms with Gasteiger partial charge in [0.25, 0.3) is 0 Å². The lowest BCUT2D eigenvalue weighted by atomic mass is 10.0. The fourth-order valence-corrected chi connectivity index (χ4v) is 2.70. The van der Waals surface area contributed by atoms with Crippen molar-refractivity contribution in [2.45, 2.75) is 84.1 Å². The van der Waals surface area contributed by atoms with E-state index in [0.29, 0.717) is 19.2 Å². The van der Waals surface area contributed by atoms with Crippen molar-refractivity contribution >= 4 is 6.09 Å². The summed E-state index contributed by atoms with van der Waals surface area (Å²) >= 11 is 0. The minimum Gasteiger partial charge on any atom is -0.448 e. The normalized spacial score (nSPS) is 12.3. The standard InChI is InChI=1S/C18H39N3O2/c1-3-5-7-8-10-12-17(11-9-6-4-2)21-14-13-20-15-16-23-18(19)22/h17,20-21H,3-16H2,1-2H3,(H2,19,22). The number of hydrogen-bond acceptors (Lipinski definition) is 4. The van der Waals surface area contributed by atoms with Gasteiger partial charge in [-0.3, -0.25) is 0 Å². The Bertz CT molecular complexity index is 263. The predicted molar refractivity (Wildman–Crippen MR) is 97.7 cm³/mol. The van der Waals surface area contributed by atoms with E-state index in [0.717, 1.165) is 13.1 Å². The minimum atomic E-state index is -0.705. The molecule has 138 valence electrons. The van der Waals surface area contributed by atoms with Gasteiger partial charge in [-0.05, 0) is 12.8 Å². The summed E-state index contributed by atoms with van der Waals surface area (Å²) in [6.45, 7) is 7.36. The van der Waals surface area contributed by atoms with E-state index in [2.05, 4.69) is 29.2 Å². The molecule has 0 aromatic heterocycles. The van der Waals surface area contributed by atoms with Crippen molar-refractivity contribution in [3.63, 3.8) is 0 Å². The Morgan fingerprint density at radius 1 is 0.913 bits per heavy atom. The first kappa shape index (κ1) is 22.2. The molecule has 4 N–H and O–H groups in total. The van der Waals surface area contributed by atoms with E-state index in [9.17, 15) is 4.79 Å². The van der Waals surface area contributed by atoms with Crippen molar-refractivity contribution in [2.24, 2.45) is 5.73 Å². The Morgan fingerprint density at radius 3 is 2.17 bits per heavy atom. The van der Waals surface area contributed by atoms with Crippen LogP contribution in [0.15, 0.2) is 0 Å². The number of unbranched alkanes of at least 4 members (excludes halogenated alkanes) is 6. The number of ether oxygens (including phenoxy) is 1. The average Bonchev–Trinajstić information content (AvgIpc) is 2.53. The van der Waals surface area contributed by atoms with Crippen molar-refractivity contribution in [3.05, 3.63) is 0 Å². The molecule has 0 spiro atoms. The van der Waals surface area contributed by atoms with Gasteiger partial charge in [0.1, 0.15) is 6.61 Å². The molecule has 1 unspecified atom stereocenters. The van der Waals surface area contributed by atoms with Gasteiger partial charge in [0.15, 0.2) is 0 Å². The molecule has 0 fully saturated rings. The smallest absolute Gasteiger partial charge is 0.404 e. The number of nitrogens with one attached hydrogen (secondary N) is 2. The Balaban J connectivity index is 3.67. The molecule has 0 rings (SSSR count). The van der Waals surface area contributed by atoms with Crippen LogP contribution >= 0.6 is 0 Å². The number of nitrogens with two attached hydrogens (primary N) is 1. The summed E-state index contributed by atoms with van der Waals surface area (Å²) in [5, 5.41) is 6.93. The van der Waals surface area contributed by atoms with Gasteiger partial charge in [-0.1, -0.05) is 65.2 Å². The molecule has 1 atom stereocenters. The van der Waals surface area contributed by atoms with E-state index in [1.165, 1.54) is 64.2 Å². The maximum Gasteiger partial charge on any atom is 0.404 e. The van der Waals surface area contributed by atoms with Crippen molar-refractivity contribution in [1.29, 1.82) is 0 Å². The largest absolute Gasteiger partial charge is 0.448 e. The number of amides is 1. The first-order valence-corrected chi connectivity index (χ1v) is 9.57. The Hall–Kier alpha value is -0.810. The lowest BCUT2D eigenvalue weighted by Crippen LogP contribution is -2.36. The second-order valence-electron chi connectivity index (χ2n) is 6.27. The molecule has 0 aliphatic carbocycles. The molecule has 23 heavy (non-hydrogen) atoms. The van der Waals surface area contributed by atoms with Gasteiger partial charge in [-0.25, -0.2) is 4.79 Å². The fraction of sp³-hybridized carbons (Fsp3) is 0.944.